The highest BCUT2D eigenvalue weighted by Crippen LogP contribution is 2.10. The first-order valence-corrected chi connectivity index (χ1v) is 5.72. The summed E-state index contributed by atoms with van der Waals surface area (Å²) in [5.74, 6) is -0.353. The van der Waals surface area contributed by atoms with Crippen LogP contribution in [0.25, 0.3) is 0 Å². The number of rotatable bonds is 5. The van der Waals surface area contributed by atoms with Gasteiger partial charge in [-0.25, -0.2) is 4.79 Å². The summed E-state index contributed by atoms with van der Waals surface area (Å²) in [6.07, 6.45) is 2.50. The number of nitrogens with zero attached hydrogens (tertiary/aromatic N) is 1. The molecule has 2 rings (SSSR count). The highest BCUT2D eigenvalue weighted by Gasteiger charge is 2.14. The quantitative estimate of drug-likeness (QED) is 0.795. The first-order chi connectivity index (χ1) is 8.25. The summed E-state index contributed by atoms with van der Waals surface area (Å²) in [6, 6.07) is 3.31. The summed E-state index contributed by atoms with van der Waals surface area (Å²) in [6.45, 7) is 3.27. The number of hydrogen-bond donors (Lipinski definition) is 2. The number of ether oxygens (including phenoxy) is 1. The van der Waals surface area contributed by atoms with Crippen LogP contribution in [0.3, 0.4) is 0 Å². The van der Waals surface area contributed by atoms with Gasteiger partial charge in [0.25, 0.3) is 0 Å². The maximum Gasteiger partial charge on any atom is 0.337 e. The molecule has 1 atom stereocenters. The van der Waals surface area contributed by atoms with Crippen LogP contribution in [0.4, 0.5) is 0 Å². The number of aromatic carboxylic acids is 1. The molecule has 5 heteroatoms. The smallest absolute Gasteiger partial charge is 0.337 e. The van der Waals surface area contributed by atoms with Crippen molar-refractivity contribution >= 4 is 5.97 Å². The zero-order valence-electron chi connectivity index (χ0n) is 9.56. The number of carbonyl (C=O) groups is 1. The minimum absolute atomic E-state index is 0.220. The molecule has 1 aliphatic rings. The molecule has 1 unspecified atom stereocenters. The minimum atomic E-state index is -0.944. The van der Waals surface area contributed by atoms with Gasteiger partial charge in [-0.15, -0.1) is 0 Å². The first kappa shape index (κ1) is 12.0. The second kappa shape index (κ2) is 5.75. The molecule has 0 amide bonds. The van der Waals surface area contributed by atoms with E-state index in [0.29, 0.717) is 12.5 Å². The molecule has 2 heterocycles. The summed E-state index contributed by atoms with van der Waals surface area (Å²) in [5.41, 5.74) is 1.08. The standard InChI is InChI=1S/C12H16N2O3/c15-12(16)10-1-2-11(14-6-10)7-13-5-9-3-4-17-8-9/h1-2,6,9,13H,3-5,7-8H2,(H,15,16). The third-order valence-electron chi connectivity index (χ3n) is 2.83. The Morgan fingerprint density at radius 3 is 3.06 bits per heavy atom. The van der Waals surface area contributed by atoms with Gasteiger partial charge < -0.3 is 15.2 Å². The zero-order chi connectivity index (χ0) is 12.1. The number of nitrogens with one attached hydrogen (secondary N) is 1. The Morgan fingerprint density at radius 2 is 2.47 bits per heavy atom. The lowest BCUT2D eigenvalue weighted by Crippen LogP contribution is -2.23. The normalized spacial score (nSPS) is 19.4. The number of pyridine rings is 1. The van der Waals surface area contributed by atoms with Crippen LogP contribution in [0.5, 0.6) is 0 Å². The van der Waals surface area contributed by atoms with Gasteiger partial charge in [-0.1, -0.05) is 0 Å². The van der Waals surface area contributed by atoms with Crippen molar-refractivity contribution in [1.82, 2.24) is 10.3 Å². The Morgan fingerprint density at radius 1 is 1.59 bits per heavy atom. The molecule has 0 aromatic carbocycles. The molecule has 17 heavy (non-hydrogen) atoms. The van der Waals surface area contributed by atoms with Crippen molar-refractivity contribution in [2.75, 3.05) is 19.8 Å². The molecule has 5 nitrogen and oxygen atoms in total. The summed E-state index contributed by atoms with van der Waals surface area (Å²) >= 11 is 0. The van der Waals surface area contributed by atoms with E-state index in [9.17, 15) is 4.79 Å². The van der Waals surface area contributed by atoms with Gasteiger partial charge in [0.05, 0.1) is 17.9 Å². The van der Waals surface area contributed by atoms with E-state index in [1.54, 1.807) is 12.1 Å². The van der Waals surface area contributed by atoms with Gasteiger partial charge in [0.1, 0.15) is 0 Å². The third kappa shape index (κ3) is 3.51. The maximum absolute atomic E-state index is 10.6. The van der Waals surface area contributed by atoms with E-state index in [1.165, 1.54) is 6.20 Å². The van der Waals surface area contributed by atoms with Crippen LogP contribution in [0.1, 0.15) is 22.5 Å². The van der Waals surface area contributed by atoms with Crippen molar-refractivity contribution in [3.8, 4) is 0 Å². The van der Waals surface area contributed by atoms with E-state index >= 15 is 0 Å². The van der Waals surface area contributed by atoms with Crippen LogP contribution >= 0.6 is 0 Å². The Hall–Kier alpha value is -1.46. The summed E-state index contributed by atoms with van der Waals surface area (Å²) in [5, 5.41) is 12.0. The molecule has 2 N–H and O–H groups in total. The minimum Gasteiger partial charge on any atom is -0.478 e. The Kier molecular flexibility index (Phi) is 4.06. The van der Waals surface area contributed by atoms with Crippen molar-refractivity contribution < 1.29 is 14.6 Å². The fraction of sp³-hybridized carbons (Fsp3) is 0.500. The topological polar surface area (TPSA) is 71.5 Å². The lowest BCUT2D eigenvalue weighted by Gasteiger charge is -2.08. The highest BCUT2D eigenvalue weighted by molar-refractivity contribution is 5.87. The van der Waals surface area contributed by atoms with E-state index in [-0.39, 0.29) is 5.56 Å². The molecule has 1 aromatic rings. The second-order valence-corrected chi connectivity index (χ2v) is 4.20. The van der Waals surface area contributed by atoms with E-state index in [1.807, 2.05) is 0 Å². The van der Waals surface area contributed by atoms with Crippen LogP contribution in [-0.4, -0.2) is 35.8 Å². The van der Waals surface area contributed by atoms with E-state index < -0.39 is 5.97 Å². The van der Waals surface area contributed by atoms with Crippen molar-refractivity contribution in [2.45, 2.75) is 13.0 Å². The number of carboxylic acids is 1. The first-order valence-electron chi connectivity index (χ1n) is 5.72. The fourth-order valence-electron chi connectivity index (χ4n) is 1.80. The number of carboxylic acid groups (broad SMARTS) is 1. The monoisotopic (exact) mass is 236 g/mol. The van der Waals surface area contributed by atoms with E-state index in [2.05, 4.69) is 10.3 Å². The van der Waals surface area contributed by atoms with Gasteiger partial charge in [-0.2, -0.15) is 0 Å². The van der Waals surface area contributed by atoms with Gasteiger partial charge in [0.2, 0.25) is 0 Å². The number of hydrogen-bond acceptors (Lipinski definition) is 4. The summed E-state index contributed by atoms with van der Waals surface area (Å²) in [7, 11) is 0. The Balaban J connectivity index is 1.76. The van der Waals surface area contributed by atoms with Crippen LogP contribution in [0.15, 0.2) is 18.3 Å². The molecule has 0 radical (unpaired) electrons. The van der Waals surface area contributed by atoms with Crippen molar-refractivity contribution in [1.29, 1.82) is 0 Å². The molecule has 0 spiro atoms. The predicted octanol–water partition coefficient (Wildman–Crippen LogP) is 0.906. The molecule has 1 saturated heterocycles. The van der Waals surface area contributed by atoms with Crippen LogP contribution in [0, 0.1) is 5.92 Å². The van der Waals surface area contributed by atoms with Crippen molar-refractivity contribution in [3.63, 3.8) is 0 Å². The van der Waals surface area contributed by atoms with Gasteiger partial charge in [-0.05, 0) is 24.5 Å². The highest BCUT2D eigenvalue weighted by atomic mass is 16.5. The number of aromatic nitrogens is 1. The fourth-order valence-corrected chi connectivity index (χ4v) is 1.80. The molecular weight excluding hydrogens is 220 g/mol. The van der Waals surface area contributed by atoms with Gasteiger partial charge in [0, 0.05) is 25.9 Å². The average molecular weight is 236 g/mol. The molecule has 0 saturated carbocycles. The van der Waals surface area contributed by atoms with Gasteiger partial charge in [-0.3, -0.25) is 4.98 Å². The van der Waals surface area contributed by atoms with Gasteiger partial charge in [0.15, 0.2) is 0 Å². The molecule has 0 bridgehead atoms. The lowest BCUT2D eigenvalue weighted by molar-refractivity contribution is 0.0696. The van der Waals surface area contributed by atoms with Gasteiger partial charge >= 0.3 is 5.97 Å². The van der Waals surface area contributed by atoms with E-state index in [4.69, 9.17) is 9.84 Å². The van der Waals surface area contributed by atoms with Crippen LogP contribution in [0.2, 0.25) is 0 Å². The van der Waals surface area contributed by atoms with Crippen molar-refractivity contribution in [2.24, 2.45) is 5.92 Å². The third-order valence-corrected chi connectivity index (χ3v) is 2.83. The Labute approximate surface area is 99.8 Å². The molecule has 1 aromatic heterocycles. The summed E-state index contributed by atoms with van der Waals surface area (Å²) < 4.78 is 5.28. The van der Waals surface area contributed by atoms with Crippen LogP contribution < -0.4 is 5.32 Å². The lowest BCUT2D eigenvalue weighted by atomic mass is 10.1. The Bertz CT molecular complexity index is 372. The molecule has 1 fully saturated rings. The molecule has 1 aliphatic heterocycles. The van der Waals surface area contributed by atoms with Crippen molar-refractivity contribution in [3.05, 3.63) is 29.6 Å². The summed E-state index contributed by atoms with van der Waals surface area (Å²) in [4.78, 5) is 14.7. The van der Waals surface area contributed by atoms with E-state index in [0.717, 1.165) is 31.9 Å². The SMILES string of the molecule is O=C(O)c1ccc(CNCC2CCOC2)nc1. The predicted molar refractivity (Wildman–Crippen MR) is 61.8 cm³/mol. The largest absolute Gasteiger partial charge is 0.478 e. The average Bonchev–Trinajstić information content (AvgIpc) is 2.83. The second-order valence-electron chi connectivity index (χ2n) is 4.20. The zero-order valence-corrected chi connectivity index (χ0v) is 9.56. The van der Waals surface area contributed by atoms with Crippen LogP contribution in [-0.2, 0) is 11.3 Å². The molecular formula is C12H16N2O3. The maximum atomic E-state index is 10.6. The molecule has 0 aliphatic carbocycles. The molecule has 92 valence electrons.